The van der Waals surface area contributed by atoms with Crippen LogP contribution in [0.3, 0.4) is 0 Å². The fourth-order valence-corrected chi connectivity index (χ4v) is 4.23. The van der Waals surface area contributed by atoms with Crippen molar-refractivity contribution in [3.05, 3.63) is 23.6 Å². The standard InChI is InChI=1S/C19H30F2N3/c1-15-11-16(20)13-18(21)19(12-15)24-8-4-7-23(9-10-24)14-17-5-3-6-22(17)2/h6,11,13,17-19H,3-5,7-10,12,14H2,1-2H3/q+1. The van der Waals surface area contributed by atoms with E-state index in [2.05, 4.69) is 27.6 Å². The van der Waals surface area contributed by atoms with Crippen LogP contribution in [0, 0.1) is 0 Å². The van der Waals surface area contributed by atoms with Crippen molar-refractivity contribution in [1.29, 1.82) is 0 Å². The number of rotatable bonds is 3. The van der Waals surface area contributed by atoms with E-state index in [9.17, 15) is 8.78 Å². The fraction of sp³-hybridized carbons (Fsp3) is 0.737. The zero-order valence-corrected chi connectivity index (χ0v) is 14.9. The van der Waals surface area contributed by atoms with Gasteiger partial charge in [0.25, 0.3) is 0 Å². The topological polar surface area (TPSA) is 9.49 Å². The van der Waals surface area contributed by atoms with E-state index in [0.717, 1.165) is 50.8 Å². The van der Waals surface area contributed by atoms with Crippen molar-refractivity contribution in [1.82, 2.24) is 9.80 Å². The highest BCUT2D eigenvalue weighted by Gasteiger charge is 2.31. The minimum absolute atomic E-state index is 0.225. The van der Waals surface area contributed by atoms with Gasteiger partial charge in [-0.15, -0.1) is 0 Å². The van der Waals surface area contributed by atoms with Gasteiger partial charge in [-0.2, -0.15) is 0 Å². The molecular formula is C19H30F2N3+. The molecule has 0 radical (unpaired) electrons. The molecule has 0 amide bonds. The van der Waals surface area contributed by atoms with Crippen molar-refractivity contribution >= 4 is 6.21 Å². The monoisotopic (exact) mass is 338 g/mol. The van der Waals surface area contributed by atoms with E-state index in [0.29, 0.717) is 12.5 Å². The molecule has 0 aromatic rings. The van der Waals surface area contributed by atoms with Crippen LogP contribution in [0.25, 0.3) is 0 Å². The lowest BCUT2D eigenvalue weighted by Crippen LogP contribution is -2.44. The van der Waals surface area contributed by atoms with Crippen LogP contribution in [0.4, 0.5) is 8.78 Å². The Kier molecular flexibility index (Phi) is 5.82. The van der Waals surface area contributed by atoms with Crippen LogP contribution in [0.1, 0.15) is 32.6 Å². The molecule has 0 bridgehead atoms. The van der Waals surface area contributed by atoms with E-state index >= 15 is 0 Å². The highest BCUT2D eigenvalue weighted by Crippen LogP contribution is 2.25. The Morgan fingerprint density at radius 1 is 1.25 bits per heavy atom. The molecule has 1 fully saturated rings. The molecule has 0 saturated carbocycles. The number of halogens is 2. The lowest BCUT2D eigenvalue weighted by molar-refractivity contribution is -0.526. The minimum atomic E-state index is -1.22. The third kappa shape index (κ3) is 4.31. The molecule has 3 rings (SSSR count). The number of hydrogen-bond acceptors (Lipinski definition) is 2. The first kappa shape index (κ1) is 17.7. The molecule has 5 heteroatoms. The molecule has 134 valence electrons. The minimum Gasteiger partial charge on any atom is -0.296 e. The summed E-state index contributed by atoms with van der Waals surface area (Å²) in [5.74, 6) is -0.431. The van der Waals surface area contributed by atoms with Gasteiger partial charge in [-0.1, -0.05) is 5.57 Å². The van der Waals surface area contributed by atoms with Crippen LogP contribution in [0.5, 0.6) is 0 Å². The summed E-state index contributed by atoms with van der Waals surface area (Å²) in [6.45, 7) is 6.81. The highest BCUT2D eigenvalue weighted by molar-refractivity contribution is 5.52. The van der Waals surface area contributed by atoms with E-state index in [4.69, 9.17) is 0 Å². The predicted molar refractivity (Wildman–Crippen MR) is 94.1 cm³/mol. The smallest absolute Gasteiger partial charge is 0.165 e. The van der Waals surface area contributed by atoms with Gasteiger partial charge in [-0.25, -0.2) is 13.4 Å². The van der Waals surface area contributed by atoms with Gasteiger partial charge >= 0.3 is 0 Å². The molecule has 2 heterocycles. The third-order valence-electron chi connectivity index (χ3n) is 5.66. The second-order valence-electron chi connectivity index (χ2n) is 7.53. The van der Waals surface area contributed by atoms with E-state index in [-0.39, 0.29) is 6.04 Å². The number of allylic oxidation sites excluding steroid dienone is 2. The Morgan fingerprint density at radius 3 is 2.83 bits per heavy atom. The third-order valence-corrected chi connectivity index (χ3v) is 5.66. The van der Waals surface area contributed by atoms with E-state index in [1.807, 2.05) is 6.92 Å². The largest absolute Gasteiger partial charge is 0.296 e. The average molecular weight is 338 g/mol. The number of likely N-dealkylation sites (N-methyl/N-ethyl adjacent to an activating group) is 1. The lowest BCUT2D eigenvalue weighted by atomic mass is 10.0. The van der Waals surface area contributed by atoms with E-state index < -0.39 is 12.0 Å². The van der Waals surface area contributed by atoms with Crippen molar-refractivity contribution < 1.29 is 13.4 Å². The fourth-order valence-electron chi connectivity index (χ4n) is 4.23. The lowest BCUT2D eigenvalue weighted by Gasteiger charge is -2.31. The summed E-state index contributed by atoms with van der Waals surface area (Å²) in [4.78, 5) is 4.75. The molecule has 0 N–H and O–H groups in total. The summed E-state index contributed by atoms with van der Waals surface area (Å²) in [6.07, 6.45) is 7.76. The van der Waals surface area contributed by atoms with Crippen LogP contribution in [0.15, 0.2) is 23.6 Å². The van der Waals surface area contributed by atoms with Crippen molar-refractivity contribution in [2.75, 3.05) is 39.8 Å². The summed E-state index contributed by atoms with van der Waals surface area (Å²) >= 11 is 0. The van der Waals surface area contributed by atoms with Gasteiger partial charge in [-0.05, 0) is 45.0 Å². The summed E-state index contributed by atoms with van der Waals surface area (Å²) in [7, 11) is 2.16. The van der Waals surface area contributed by atoms with Crippen LogP contribution in [0.2, 0.25) is 0 Å². The Balaban J connectivity index is 1.59. The van der Waals surface area contributed by atoms with Gasteiger partial charge in [0.05, 0.1) is 6.54 Å². The molecule has 2 aliphatic heterocycles. The molecule has 1 saturated heterocycles. The second kappa shape index (κ2) is 7.87. The summed E-state index contributed by atoms with van der Waals surface area (Å²) in [6, 6.07) is 0.391. The molecular weight excluding hydrogens is 308 g/mol. The first-order valence-electron chi connectivity index (χ1n) is 9.23. The SMILES string of the molecule is CC1=CC(F)=CC(F)C(N2CCCN(CC3CCC=[N+]3C)CC2)C1. The molecule has 0 spiro atoms. The number of nitrogens with zero attached hydrogens (tertiary/aromatic N) is 3. The van der Waals surface area contributed by atoms with Crippen molar-refractivity contribution in [3.8, 4) is 0 Å². The van der Waals surface area contributed by atoms with Crippen LogP contribution in [-0.4, -0.2) is 78.6 Å². The number of hydrogen-bond donors (Lipinski definition) is 0. The first-order chi connectivity index (χ1) is 11.5. The van der Waals surface area contributed by atoms with Gasteiger partial charge in [-0.3, -0.25) is 9.80 Å². The maximum Gasteiger partial charge on any atom is 0.165 e. The normalized spacial score (nSPS) is 33.5. The van der Waals surface area contributed by atoms with Crippen molar-refractivity contribution in [2.24, 2.45) is 0 Å². The Hall–Kier alpha value is -1.07. The number of alkyl halides is 1. The Bertz CT molecular complexity index is 541. The van der Waals surface area contributed by atoms with Crippen LogP contribution < -0.4 is 0 Å². The molecule has 3 aliphatic rings. The van der Waals surface area contributed by atoms with E-state index in [1.165, 1.54) is 18.9 Å². The zero-order valence-electron chi connectivity index (χ0n) is 14.9. The maximum absolute atomic E-state index is 14.5. The zero-order chi connectivity index (χ0) is 17.1. The predicted octanol–water partition coefficient (Wildman–Crippen LogP) is 2.78. The van der Waals surface area contributed by atoms with Crippen LogP contribution >= 0.6 is 0 Å². The van der Waals surface area contributed by atoms with E-state index in [1.54, 1.807) is 0 Å². The maximum atomic E-state index is 14.5. The van der Waals surface area contributed by atoms with Gasteiger partial charge < -0.3 is 0 Å². The molecule has 3 unspecified atom stereocenters. The van der Waals surface area contributed by atoms with Gasteiger partial charge in [0, 0.05) is 32.0 Å². The van der Waals surface area contributed by atoms with Gasteiger partial charge in [0.1, 0.15) is 25.3 Å². The Labute approximate surface area is 144 Å². The molecule has 0 aromatic heterocycles. The van der Waals surface area contributed by atoms with Crippen LogP contribution in [-0.2, 0) is 0 Å². The average Bonchev–Trinajstić information content (AvgIpc) is 2.72. The highest BCUT2D eigenvalue weighted by atomic mass is 19.1. The Morgan fingerprint density at radius 2 is 2.08 bits per heavy atom. The molecule has 1 aliphatic carbocycles. The molecule has 3 atom stereocenters. The van der Waals surface area contributed by atoms with Gasteiger partial charge in [0.2, 0.25) is 0 Å². The van der Waals surface area contributed by atoms with Gasteiger partial charge in [0.15, 0.2) is 6.04 Å². The quantitative estimate of drug-likeness (QED) is 0.732. The van der Waals surface area contributed by atoms with Crippen molar-refractivity contribution in [3.63, 3.8) is 0 Å². The summed E-state index contributed by atoms with van der Waals surface area (Å²) in [5, 5.41) is 0. The van der Waals surface area contributed by atoms with Crippen molar-refractivity contribution in [2.45, 2.75) is 50.9 Å². The molecule has 24 heavy (non-hydrogen) atoms. The molecule has 3 nitrogen and oxygen atoms in total. The molecule has 0 aromatic carbocycles. The summed E-state index contributed by atoms with van der Waals surface area (Å²) in [5.41, 5.74) is 0.929. The second-order valence-corrected chi connectivity index (χ2v) is 7.53. The first-order valence-corrected chi connectivity index (χ1v) is 9.23. The summed E-state index contributed by atoms with van der Waals surface area (Å²) < 4.78 is 30.5.